The minimum Gasteiger partial charge on any atom is -0.329 e. The lowest BCUT2D eigenvalue weighted by atomic mass is 10.1. The zero-order valence-corrected chi connectivity index (χ0v) is 11.9. The molecule has 0 fully saturated rings. The summed E-state index contributed by atoms with van der Waals surface area (Å²) in [6.07, 6.45) is 1.30. The lowest BCUT2D eigenvalue weighted by Crippen LogP contribution is -2.33. The number of amides is 2. The first-order chi connectivity index (χ1) is 10.6. The predicted molar refractivity (Wildman–Crippen MR) is 76.0 cm³/mol. The molecule has 0 unspecified atom stereocenters. The second kappa shape index (κ2) is 5.57. The van der Waals surface area contributed by atoms with Crippen LogP contribution in [0.15, 0.2) is 42.6 Å². The van der Waals surface area contributed by atoms with Crippen LogP contribution < -0.4 is 0 Å². The van der Waals surface area contributed by atoms with Crippen molar-refractivity contribution < 1.29 is 19.2 Å². The lowest BCUT2D eigenvalue weighted by Gasteiger charge is -2.12. The van der Waals surface area contributed by atoms with Crippen molar-refractivity contribution in [3.63, 3.8) is 0 Å². The summed E-state index contributed by atoms with van der Waals surface area (Å²) in [4.78, 5) is 44.7. The van der Waals surface area contributed by atoms with Crippen molar-refractivity contribution in [2.75, 3.05) is 0 Å². The van der Waals surface area contributed by atoms with Crippen molar-refractivity contribution in [2.45, 2.75) is 6.42 Å². The Kier molecular flexibility index (Phi) is 3.60. The molecule has 1 aliphatic rings. The van der Waals surface area contributed by atoms with Gasteiger partial charge in [-0.25, -0.2) is 9.78 Å². The Morgan fingerprint density at radius 1 is 1.09 bits per heavy atom. The van der Waals surface area contributed by atoms with Gasteiger partial charge in [-0.15, -0.1) is 0 Å². The van der Waals surface area contributed by atoms with Crippen molar-refractivity contribution >= 4 is 29.4 Å². The normalized spacial score (nSPS) is 13.2. The highest BCUT2D eigenvalue weighted by Crippen LogP contribution is 2.22. The molecular formula is C15H9ClN2O4. The maximum absolute atomic E-state index is 12.0. The number of hydrogen-bond acceptors (Lipinski definition) is 5. The van der Waals surface area contributed by atoms with Gasteiger partial charge in [0.15, 0.2) is 0 Å². The molecule has 2 aromatic rings. The molecule has 1 aromatic carbocycles. The maximum atomic E-state index is 12.0. The van der Waals surface area contributed by atoms with E-state index < -0.39 is 17.8 Å². The number of halogens is 1. The zero-order valence-electron chi connectivity index (χ0n) is 11.2. The number of carbonyl (C=O) groups is 3. The number of hydrogen-bond donors (Lipinski definition) is 0. The molecule has 3 rings (SSSR count). The fourth-order valence-corrected chi connectivity index (χ4v) is 2.17. The SMILES string of the molecule is O=C(Cc1ccc(Cl)nc1)ON1C(=O)c2ccccc2C1=O. The van der Waals surface area contributed by atoms with Crippen LogP contribution in [0.25, 0.3) is 0 Å². The Morgan fingerprint density at radius 2 is 1.73 bits per heavy atom. The quantitative estimate of drug-likeness (QED) is 0.639. The molecule has 0 saturated heterocycles. The predicted octanol–water partition coefficient (Wildman–Crippen LogP) is 2.03. The van der Waals surface area contributed by atoms with Crippen LogP contribution in [0.4, 0.5) is 0 Å². The van der Waals surface area contributed by atoms with E-state index in [2.05, 4.69) is 4.98 Å². The van der Waals surface area contributed by atoms with E-state index in [0.29, 0.717) is 15.8 Å². The third-order valence-electron chi connectivity index (χ3n) is 3.09. The molecule has 0 saturated carbocycles. The van der Waals surface area contributed by atoms with Crippen molar-refractivity contribution in [1.29, 1.82) is 0 Å². The molecule has 0 bridgehead atoms. The second-order valence-corrected chi connectivity index (χ2v) is 4.97. The summed E-state index contributed by atoms with van der Waals surface area (Å²) in [6.45, 7) is 0. The summed E-state index contributed by atoms with van der Waals surface area (Å²) in [5, 5.41) is 0.786. The van der Waals surface area contributed by atoms with E-state index in [1.165, 1.54) is 24.4 Å². The fourth-order valence-electron chi connectivity index (χ4n) is 2.06. The number of aromatic nitrogens is 1. The Hall–Kier alpha value is -2.73. The van der Waals surface area contributed by atoms with E-state index >= 15 is 0 Å². The average Bonchev–Trinajstić information content (AvgIpc) is 2.75. The first-order valence-electron chi connectivity index (χ1n) is 6.35. The fraction of sp³-hybridized carbons (Fsp3) is 0.0667. The van der Waals surface area contributed by atoms with Gasteiger partial charge in [-0.05, 0) is 23.8 Å². The Bertz CT molecular complexity index is 738. The number of carbonyl (C=O) groups excluding carboxylic acids is 3. The molecular weight excluding hydrogens is 308 g/mol. The first-order valence-corrected chi connectivity index (χ1v) is 6.73. The minimum absolute atomic E-state index is 0.127. The van der Waals surface area contributed by atoms with Gasteiger partial charge in [0.05, 0.1) is 17.5 Å². The van der Waals surface area contributed by atoms with Crippen LogP contribution >= 0.6 is 11.6 Å². The highest BCUT2D eigenvalue weighted by atomic mass is 35.5. The molecule has 0 atom stereocenters. The number of imide groups is 1. The van der Waals surface area contributed by atoms with Crippen LogP contribution in [0.3, 0.4) is 0 Å². The number of nitrogens with zero attached hydrogens (tertiary/aromatic N) is 2. The molecule has 0 aliphatic carbocycles. The number of pyridine rings is 1. The molecule has 110 valence electrons. The van der Waals surface area contributed by atoms with E-state index in [0.717, 1.165) is 0 Å². The smallest absolute Gasteiger partial charge is 0.329 e. The van der Waals surface area contributed by atoms with Gasteiger partial charge in [0.2, 0.25) is 0 Å². The Labute approximate surface area is 130 Å². The highest BCUT2D eigenvalue weighted by molar-refractivity contribution is 6.29. The van der Waals surface area contributed by atoms with E-state index in [9.17, 15) is 14.4 Å². The van der Waals surface area contributed by atoms with Gasteiger partial charge in [0.1, 0.15) is 5.15 Å². The molecule has 1 aliphatic heterocycles. The first kappa shape index (κ1) is 14.2. The number of rotatable bonds is 3. The highest BCUT2D eigenvalue weighted by Gasteiger charge is 2.38. The molecule has 0 spiro atoms. The molecule has 2 heterocycles. The summed E-state index contributed by atoms with van der Waals surface area (Å²) in [5.41, 5.74) is 0.993. The van der Waals surface area contributed by atoms with Crippen molar-refractivity contribution in [3.05, 3.63) is 64.4 Å². The topological polar surface area (TPSA) is 76.6 Å². The number of benzene rings is 1. The summed E-state index contributed by atoms with van der Waals surface area (Å²) in [6, 6.07) is 9.42. The molecule has 6 nitrogen and oxygen atoms in total. The number of hydroxylamine groups is 2. The van der Waals surface area contributed by atoms with E-state index in [4.69, 9.17) is 16.4 Å². The van der Waals surface area contributed by atoms with Gasteiger partial charge in [-0.3, -0.25) is 9.59 Å². The van der Waals surface area contributed by atoms with Gasteiger partial charge < -0.3 is 4.84 Å². The van der Waals surface area contributed by atoms with Gasteiger partial charge in [0, 0.05) is 6.20 Å². The van der Waals surface area contributed by atoms with E-state index in [-0.39, 0.29) is 17.5 Å². The van der Waals surface area contributed by atoms with Crippen LogP contribution in [0, 0.1) is 0 Å². The van der Waals surface area contributed by atoms with Gasteiger partial charge >= 0.3 is 5.97 Å². The summed E-state index contributed by atoms with van der Waals surface area (Å²) >= 11 is 5.65. The molecule has 22 heavy (non-hydrogen) atoms. The standard InChI is InChI=1S/C15H9ClN2O4/c16-12-6-5-9(8-17-12)7-13(19)22-18-14(20)10-3-1-2-4-11(10)15(18)21/h1-6,8H,7H2. The zero-order chi connectivity index (χ0) is 15.7. The van der Waals surface area contributed by atoms with Crippen LogP contribution in [0.1, 0.15) is 26.3 Å². The molecule has 1 aromatic heterocycles. The largest absolute Gasteiger partial charge is 0.337 e. The van der Waals surface area contributed by atoms with Crippen LogP contribution in [-0.4, -0.2) is 27.8 Å². The molecule has 0 radical (unpaired) electrons. The summed E-state index contributed by atoms with van der Waals surface area (Å²) in [7, 11) is 0. The van der Waals surface area contributed by atoms with Crippen LogP contribution in [0.5, 0.6) is 0 Å². The monoisotopic (exact) mass is 316 g/mol. The second-order valence-electron chi connectivity index (χ2n) is 4.58. The van der Waals surface area contributed by atoms with Gasteiger partial charge in [0.25, 0.3) is 11.8 Å². The molecule has 0 N–H and O–H groups in total. The Balaban J connectivity index is 1.71. The maximum Gasteiger partial charge on any atom is 0.337 e. The van der Waals surface area contributed by atoms with Crippen LogP contribution in [0.2, 0.25) is 5.15 Å². The molecule has 2 amide bonds. The third-order valence-corrected chi connectivity index (χ3v) is 3.31. The third kappa shape index (κ3) is 2.56. The summed E-state index contributed by atoms with van der Waals surface area (Å²) in [5.74, 6) is -2.04. The average molecular weight is 317 g/mol. The van der Waals surface area contributed by atoms with E-state index in [1.54, 1.807) is 18.2 Å². The van der Waals surface area contributed by atoms with Crippen molar-refractivity contribution in [2.24, 2.45) is 0 Å². The van der Waals surface area contributed by atoms with Gasteiger partial charge in [-0.1, -0.05) is 34.9 Å². The van der Waals surface area contributed by atoms with Crippen molar-refractivity contribution in [1.82, 2.24) is 10.0 Å². The Morgan fingerprint density at radius 3 is 2.27 bits per heavy atom. The van der Waals surface area contributed by atoms with Gasteiger partial charge in [-0.2, -0.15) is 0 Å². The number of fused-ring (bicyclic) bond motifs is 1. The summed E-state index contributed by atoms with van der Waals surface area (Å²) < 4.78 is 0. The van der Waals surface area contributed by atoms with Crippen LogP contribution in [-0.2, 0) is 16.1 Å². The lowest BCUT2D eigenvalue weighted by molar-refractivity contribution is -0.167. The van der Waals surface area contributed by atoms with E-state index in [1.807, 2.05) is 0 Å². The molecule has 7 heteroatoms. The van der Waals surface area contributed by atoms with Crippen molar-refractivity contribution in [3.8, 4) is 0 Å². The minimum atomic E-state index is -0.737.